The molecule has 100 valence electrons. The summed E-state index contributed by atoms with van der Waals surface area (Å²) in [4.78, 5) is 0. The molecular weight excluding hydrogens is 271 g/mol. The van der Waals surface area contributed by atoms with Crippen molar-refractivity contribution in [2.45, 2.75) is 32.5 Å². The number of halogens is 2. The van der Waals surface area contributed by atoms with Gasteiger partial charge in [0.1, 0.15) is 10.2 Å². The number of hydrogen-bond donors (Lipinski definition) is 0. The van der Waals surface area contributed by atoms with Crippen molar-refractivity contribution < 1.29 is 9.47 Å². The normalized spacial score (nSPS) is 13.8. The summed E-state index contributed by atoms with van der Waals surface area (Å²) in [7, 11) is 0. The summed E-state index contributed by atoms with van der Waals surface area (Å²) in [5, 5.41) is 0. The van der Waals surface area contributed by atoms with Crippen LogP contribution in [0.15, 0.2) is 40.9 Å². The van der Waals surface area contributed by atoms with E-state index in [1.807, 2.05) is 44.2 Å². The Kier molecular flexibility index (Phi) is 7.18. The van der Waals surface area contributed by atoms with E-state index in [0.29, 0.717) is 6.61 Å². The molecule has 1 rings (SSSR count). The third-order valence-corrected chi connectivity index (χ3v) is 2.67. The lowest BCUT2D eigenvalue weighted by atomic mass is 10.2. The zero-order valence-electron chi connectivity index (χ0n) is 10.6. The highest BCUT2D eigenvalue weighted by Crippen LogP contribution is 2.14. The largest absolute Gasteiger partial charge is 0.491 e. The van der Waals surface area contributed by atoms with Gasteiger partial charge in [-0.25, -0.2) is 0 Å². The first-order valence-electron chi connectivity index (χ1n) is 5.92. The lowest BCUT2D eigenvalue weighted by Gasteiger charge is -2.19. The molecule has 2 nitrogen and oxygen atoms in total. The maximum absolute atomic E-state index is 5.76. The van der Waals surface area contributed by atoms with Crippen LogP contribution in [0.2, 0.25) is 0 Å². The van der Waals surface area contributed by atoms with Gasteiger partial charge in [0.25, 0.3) is 0 Å². The van der Waals surface area contributed by atoms with Gasteiger partial charge in [-0.3, -0.25) is 0 Å². The van der Waals surface area contributed by atoms with Crippen molar-refractivity contribution >= 4 is 23.2 Å². The van der Waals surface area contributed by atoms with Crippen molar-refractivity contribution in [3.63, 3.8) is 0 Å². The Bertz CT molecular complexity index is 361. The number of ether oxygens (including phenoxy) is 2. The predicted octanol–water partition coefficient (Wildman–Crippen LogP) is 4.57. The second kappa shape index (κ2) is 8.41. The van der Waals surface area contributed by atoms with E-state index >= 15 is 0 Å². The Labute approximate surface area is 118 Å². The molecule has 0 heterocycles. The summed E-state index contributed by atoms with van der Waals surface area (Å²) in [5.74, 6) is 0.876. The molecule has 0 aliphatic carbocycles. The van der Waals surface area contributed by atoms with E-state index in [0.717, 1.165) is 12.2 Å². The molecule has 0 saturated heterocycles. The molecule has 0 spiro atoms. The van der Waals surface area contributed by atoms with Crippen molar-refractivity contribution in [1.82, 2.24) is 0 Å². The van der Waals surface area contributed by atoms with Gasteiger partial charge in [0.05, 0.1) is 18.8 Å². The Morgan fingerprint density at radius 3 is 2.44 bits per heavy atom. The molecule has 2 atom stereocenters. The molecular formula is C14H18Cl2O2. The summed E-state index contributed by atoms with van der Waals surface area (Å²) in [6, 6.07) is 9.76. The zero-order chi connectivity index (χ0) is 13.4. The van der Waals surface area contributed by atoms with Gasteiger partial charge in [-0.05, 0) is 32.1 Å². The third kappa shape index (κ3) is 6.90. The van der Waals surface area contributed by atoms with E-state index in [-0.39, 0.29) is 16.7 Å². The van der Waals surface area contributed by atoms with E-state index in [1.165, 1.54) is 0 Å². The van der Waals surface area contributed by atoms with Crippen LogP contribution in [0.4, 0.5) is 0 Å². The quantitative estimate of drug-likeness (QED) is 0.732. The molecule has 0 saturated carbocycles. The van der Waals surface area contributed by atoms with E-state index in [4.69, 9.17) is 32.7 Å². The highest BCUT2D eigenvalue weighted by molar-refractivity contribution is 6.55. The van der Waals surface area contributed by atoms with E-state index in [1.54, 1.807) is 6.08 Å². The van der Waals surface area contributed by atoms with E-state index < -0.39 is 0 Å². The van der Waals surface area contributed by atoms with Gasteiger partial charge in [0.15, 0.2) is 0 Å². The Morgan fingerprint density at radius 1 is 1.17 bits per heavy atom. The first-order chi connectivity index (χ1) is 8.58. The second-order valence-corrected chi connectivity index (χ2v) is 5.12. The predicted molar refractivity (Wildman–Crippen MR) is 76.4 cm³/mol. The van der Waals surface area contributed by atoms with Crippen LogP contribution in [-0.2, 0) is 4.74 Å². The maximum Gasteiger partial charge on any atom is 0.119 e. The standard InChI is InChI=1S/C14H18Cl2O2/c1-11(17-9-8-14(15)16)10-12(2)18-13-6-4-3-5-7-13/h3-8,11-12H,9-10H2,1-2H3. The molecule has 0 radical (unpaired) electrons. The minimum Gasteiger partial charge on any atom is -0.491 e. The van der Waals surface area contributed by atoms with Crippen LogP contribution in [0.25, 0.3) is 0 Å². The molecule has 0 amide bonds. The lowest BCUT2D eigenvalue weighted by molar-refractivity contribution is 0.0511. The molecule has 0 aliphatic rings. The molecule has 0 bridgehead atoms. The van der Waals surface area contributed by atoms with Crippen molar-refractivity contribution in [3.05, 3.63) is 40.9 Å². The van der Waals surface area contributed by atoms with Crippen LogP contribution in [0, 0.1) is 0 Å². The smallest absolute Gasteiger partial charge is 0.119 e. The van der Waals surface area contributed by atoms with Gasteiger partial charge in [0, 0.05) is 6.42 Å². The van der Waals surface area contributed by atoms with Crippen molar-refractivity contribution in [3.8, 4) is 5.75 Å². The highest BCUT2D eigenvalue weighted by Gasteiger charge is 2.10. The fourth-order valence-electron chi connectivity index (χ4n) is 1.59. The summed E-state index contributed by atoms with van der Waals surface area (Å²) in [5.41, 5.74) is 0. The van der Waals surface area contributed by atoms with Gasteiger partial charge >= 0.3 is 0 Å². The van der Waals surface area contributed by atoms with Crippen LogP contribution in [0.3, 0.4) is 0 Å². The second-order valence-electron chi connectivity index (χ2n) is 4.11. The first-order valence-corrected chi connectivity index (χ1v) is 6.68. The topological polar surface area (TPSA) is 18.5 Å². The minimum atomic E-state index is 0.0904. The molecule has 4 heteroatoms. The van der Waals surface area contributed by atoms with E-state index in [2.05, 4.69) is 0 Å². The average Bonchev–Trinajstić information content (AvgIpc) is 2.29. The molecule has 0 aliphatic heterocycles. The lowest BCUT2D eigenvalue weighted by Crippen LogP contribution is -2.20. The highest BCUT2D eigenvalue weighted by atomic mass is 35.5. The fourth-order valence-corrected chi connectivity index (χ4v) is 1.72. The first kappa shape index (κ1) is 15.4. The molecule has 0 aromatic heterocycles. The maximum atomic E-state index is 5.76. The monoisotopic (exact) mass is 288 g/mol. The molecule has 0 N–H and O–H groups in total. The number of rotatable bonds is 7. The van der Waals surface area contributed by atoms with Crippen LogP contribution < -0.4 is 4.74 Å². The molecule has 2 unspecified atom stereocenters. The Morgan fingerprint density at radius 2 is 1.83 bits per heavy atom. The van der Waals surface area contributed by atoms with Crippen LogP contribution >= 0.6 is 23.2 Å². The van der Waals surface area contributed by atoms with Crippen LogP contribution in [0.5, 0.6) is 5.75 Å². The Balaban J connectivity index is 2.27. The van der Waals surface area contributed by atoms with Crippen molar-refractivity contribution in [1.29, 1.82) is 0 Å². The minimum absolute atomic E-state index is 0.0904. The average molecular weight is 289 g/mol. The van der Waals surface area contributed by atoms with Gasteiger partial charge in [-0.2, -0.15) is 0 Å². The van der Waals surface area contributed by atoms with E-state index in [9.17, 15) is 0 Å². The number of benzene rings is 1. The molecule has 0 fully saturated rings. The van der Waals surface area contributed by atoms with Crippen molar-refractivity contribution in [2.75, 3.05) is 6.61 Å². The number of hydrogen-bond acceptors (Lipinski definition) is 2. The van der Waals surface area contributed by atoms with Gasteiger partial charge in [-0.15, -0.1) is 0 Å². The van der Waals surface area contributed by atoms with Gasteiger partial charge in [-0.1, -0.05) is 41.4 Å². The van der Waals surface area contributed by atoms with Gasteiger partial charge < -0.3 is 9.47 Å². The van der Waals surface area contributed by atoms with Gasteiger partial charge in [0.2, 0.25) is 0 Å². The summed E-state index contributed by atoms with van der Waals surface area (Å²) < 4.78 is 11.5. The third-order valence-electron chi connectivity index (χ3n) is 2.36. The van der Waals surface area contributed by atoms with Crippen LogP contribution in [-0.4, -0.2) is 18.8 Å². The van der Waals surface area contributed by atoms with Crippen molar-refractivity contribution in [2.24, 2.45) is 0 Å². The fraction of sp³-hybridized carbons (Fsp3) is 0.429. The zero-order valence-corrected chi connectivity index (χ0v) is 12.1. The molecule has 1 aromatic rings. The molecule has 1 aromatic carbocycles. The summed E-state index contributed by atoms with van der Waals surface area (Å²) in [6.45, 7) is 4.44. The molecule has 18 heavy (non-hydrogen) atoms. The summed E-state index contributed by atoms with van der Waals surface area (Å²) >= 11 is 11.0. The SMILES string of the molecule is CC(CC(C)Oc1ccccc1)OCC=C(Cl)Cl. The summed E-state index contributed by atoms with van der Waals surface area (Å²) in [6.07, 6.45) is 2.62. The number of para-hydroxylation sites is 1. The Hall–Kier alpha value is -0.700. The van der Waals surface area contributed by atoms with Crippen LogP contribution in [0.1, 0.15) is 20.3 Å².